The summed E-state index contributed by atoms with van der Waals surface area (Å²) in [5.41, 5.74) is 1.24. The summed E-state index contributed by atoms with van der Waals surface area (Å²) >= 11 is 1.48. The van der Waals surface area contributed by atoms with E-state index in [1.165, 1.54) is 41.7 Å². The minimum Gasteiger partial charge on any atom is -0.295 e. The molecule has 25 heavy (non-hydrogen) atoms. The molecule has 0 N–H and O–H groups in total. The highest BCUT2D eigenvalue weighted by Gasteiger charge is 2.28. The molecule has 1 heterocycles. The summed E-state index contributed by atoms with van der Waals surface area (Å²) in [5.74, 6) is -0.168. The predicted molar refractivity (Wildman–Crippen MR) is 99.4 cm³/mol. The van der Waals surface area contributed by atoms with Crippen molar-refractivity contribution in [3.05, 3.63) is 59.1 Å². The minimum absolute atomic E-state index is 0.107. The van der Waals surface area contributed by atoms with Gasteiger partial charge in [-0.15, -0.1) is 11.3 Å². The van der Waals surface area contributed by atoms with Crippen LogP contribution in [0.4, 0.5) is 0 Å². The fraction of sp³-hybridized carbons (Fsp3) is 0.222. The number of para-hydroxylation sites is 1. The number of rotatable bonds is 5. The maximum atomic E-state index is 12.9. The molecule has 0 aliphatic rings. The highest BCUT2D eigenvalue weighted by atomic mass is 32.2. The van der Waals surface area contributed by atoms with E-state index in [-0.39, 0.29) is 10.7 Å². The van der Waals surface area contributed by atoms with Crippen LogP contribution in [-0.2, 0) is 10.0 Å². The molecule has 130 valence electrons. The first-order valence-corrected chi connectivity index (χ1v) is 10.0. The van der Waals surface area contributed by atoms with Crippen LogP contribution in [0.15, 0.2) is 53.4 Å². The number of hydrogen-bond donors (Lipinski definition) is 0. The zero-order valence-corrected chi connectivity index (χ0v) is 15.8. The molecule has 0 aliphatic heterocycles. The topological polar surface area (TPSA) is 67.3 Å². The average Bonchev–Trinajstić information content (AvgIpc) is 3.04. The highest BCUT2D eigenvalue weighted by molar-refractivity contribution is 7.89. The number of benzene rings is 2. The number of carbonyl (C=O) groups excluding carboxylic acids is 1. The zero-order valence-electron chi connectivity index (χ0n) is 14.1. The van der Waals surface area contributed by atoms with E-state index < -0.39 is 16.1 Å². The van der Waals surface area contributed by atoms with E-state index in [4.69, 9.17) is 0 Å². The van der Waals surface area contributed by atoms with Crippen molar-refractivity contribution in [3.63, 3.8) is 0 Å². The Balaban J connectivity index is 1.96. The molecule has 0 unspecified atom stereocenters. The molecule has 0 amide bonds. The number of hydrogen-bond acceptors (Lipinski definition) is 5. The molecule has 2 aromatic carbocycles. The molecule has 0 saturated carbocycles. The molecule has 7 heteroatoms. The maximum absolute atomic E-state index is 12.9. The van der Waals surface area contributed by atoms with E-state index in [2.05, 4.69) is 4.98 Å². The van der Waals surface area contributed by atoms with Crippen LogP contribution >= 0.6 is 11.3 Å². The Kier molecular flexibility index (Phi) is 4.73. The summed E-state index contributed by atoms with van der Waals surface area (Å²) in [7, 11) is -2.20. The smallest absolute Gasteiger partial charge is 0.243 e. The third-order valence-electron chi connectivity index (χ3n) is 4.13. The molecular weight excluding hydrogens is 356 g/mol. The SMILES string of the molecule is CC(=O)c1cccc(S(=O)(=O)N(C)[C@@H](C)c2nc3ccccc3s2)c1. The fourth-order valence-electron chi connectivity index (χ4n) is 2.47. The lowest BCUT2D eigenvalue weighted by Gasteiger charge is -2.22. The largest absolute Gasteiger partial charge is 0.295 e. The second-order valence-electron chi connectivity index (χ2n) is 5.80. The number of carbonyl (C=O) groups is 1. The van der Waals surface area contributed by atoms with Gasteiger partial charge in [0.2, 0.25) is 10.0 Å². The van der Waals surface area contributed by atoms with Crippen LogP contribution in [0.2, 0.25) is 0 Å². The van der Waals surface area contributed by atoms with Crippen molar-refractivity contribution in [2.75, 3.05) is 7.05 Å². The molecule has 0 fully saturated rings. The number of Topliss-reactive ketones (excluding diaryl/α,β-unsaturated/α-hetero) is 1. The molecule has 3 rings (SSSR count). The number of fused-ring (bicyclic) bond motifs is 1. The van der Waals surface area contributed by atoms with Crippen molar-refractivity contribution in [2.45, 2.75) is 24.8 Å². The highest BCUT2D eigenvalue weighted by Crippen LogP contribution is 2.31. The molecular formula is C18H18N2O3S2. The second kappa shape index (κ2) is 6.67. The first-order valence-electron chi connectivity index (χ1n) is 7.75. The summed E-state index contributed by atoms with van der Waals surface area (Å²) in [6.45, 7) is 3.23. The molecule has 3 aromatic rings. The second-order valence-corrected chi connectivity index (χ2v) is 8.86. The molecule has 0 radical (unpaired) electrons. The predicted octanol–water partition coefficient (Wildman–Crippen LogP) is 3.88. The molecule has 1 aromatic heterocycles. The van der Waals surface area contributed by atoms with Crippen molar-refractivity contribution in [3.8, 4) is 0 Å². The van der Waals surface area contributed by atoms with Crippen molar-refractivity contribution in [1.82, 2.24) is 9.29 Å². The van der Waals surface area contributed by atoms with E-state index in [0.29, 0.717) is 5.56 Å². The molecule has 0 spiro atoms. The van der Waals surface area contributed by atoms with Gasteiger partial charge in [0.25, 0.3) is 0 Å². The van der Waals surface area contributed by atoms with Crippen LogP contribution in [0.5, 0.6) is 0 Å². The first kappa shape index (κ1) is 17.7. The fourth-order valence-corrected chi connectivity index (χ4v) is 4.98. The minimum atomic E-state index is -3.73. The van der Waals surface area contributed by atoms with Crippen LogP contribution in [-0.4, -0.2) is 30.5 Å². The third kappa shape index (κ3) is 3.35. The van der Waals surface area contributed by atoms with E-state index >= 15 is 0 Å². The van der Waals surface area contributed by atoms with E-state index in [1.54, 1.807) is 12.1 Å². The molecule has 0 aliphatic carbocycles. The van der Waals surface area contributed by atoms with Crippen LogP contribution in [0.3, 0.4) is 0 Å². The Morgan fingerprint density at radius 1 is 1.16 bits per heavy atom. The summed E-state index contributed by atoms with van der Waals surface area (Å²) in [6.07, 6.45) is 0. The van der Waals surface area contributed by atoms with Crippen molar-refractivity contribution in [1.29, 1.82) is 0 Å². The van der Waals surface area contributed by atoms with Gasteiger partial charge in [-0.2, -0.15) is 4.31 Å². The number of nitrogens with zero attached hydrogens (tertiary/aromatic N) is 2. The zero-order chi connectivity index (χ0) is 18.2. The Morgan fingerprint density at radius 2 is 1.88 bits per heavy atom. The average molecular weight is 374 g/mol. The van der Waals surface area contributed by atoms with Gasteiger partial charge in [-0.3, -0.25) is 4.79 Å². The standard InChI is InChI=1S/C18H18N2O3S2/c1-12(18-19-16-9-4-5-10-17(16)24-18)20(3)25(22,23)15-8-6-7-14(11-15)13(2)21/h4-12H,1-3H3/t12-/m0/s1. The Labute approximate surface area is 151 Å². The number of aromatic nitrogens is 1. The van der Waals surface area contributed by atoms with E-state index in [0.717, 1.165) is 15.2 Å². The molecule has 0 bridgehead atoms. The van der Waals surface area contributed by atoms with Crippen molar-refractivity contribution in [2.24, 2.45) is 0 Å². The summed E-state index contributed by atoms with van der Waals surface area (Å²) < 4.78 is 28.2. The van der Waals surface area contributed by atoms with Crippen LogP contribution < -0.4 is 0 Å². The third-order valence-corrected chi connectivity index (χ3v) is 7.26. The maximum Gasteiger partial charge on any atom is 0.243 e. The normalized spacial score (nSPS) is 13.3. The molecule has 5 nitrogen and oxygen atoms in total. The van der Waals surface area contributed by atoms with Crippen molar-refractivity contribution < 1.29 is 13.2 Å². The van der Waals surface area contributed by atoms with E-state index in [9.17, 15) is 13.2 Å². The van der Waals surface area contributed by atoms with Crippen LogP contribution in [0.1, 0.15) is 35.3 Å². The summed E-state index contributed by atoms with van der Waals surface area (Å²) in [6, 6.07) is 13.4. The van der Waals surface area contributed by atoms with Gasteiger partial charge in [-0.05, 0) is 38.1 Å². The van der Waals surface area contributed by atoms with E-state index in [1.807, 2.05) is 31.2 Å². The van der Waals surface area contributed by atoms with Gasteiger partial charge in [0, 0.05) is 12.6 Å². The quantitative estimate of drug-likeness (QED) is 0.636. The lowest BCUT2D eigenvalue weighted by molar-refractivity contribution is 0.101. The molecule has 1 atom stereocenters. The van der Waals surface area contributed by atoms with Gasteiger partial charge in [-0.1, -0.05) is 24.3 Å². The van der Waals surface area contributed by atoms with Gasteiger partial charge >= 0.3 is 0 Å². The number of sulfonamides is 1. The number of ketones is 1. The van der Waals surface area contributed by atoms with Gasteiger partial charge in [0.1, 0.15) is 5.01 Å². The monoisotopic (exact) mass is 374 g/mol. The first-order chi connectivity index (χ1) is 11.8. The lowest BCUT2D eigenvalue weighted by atomic mass is 10.2. The molecule has 0 saturated heterocycles. The lowest BCUT2D eigenvalue weighted by Crippen LogP contribution is -2.29. The van der Waals surface area contributed by atoms with Gasteiger partial charge in [0.05, 0.1) is 21.2 Å². The van der Waals surface area contributed by atoms with Gasteiger partial charge in [-0.25, -0.2) is 13.4 Å². The summed E-state index contributed by atoms with van der Waals surface area (Å²) in [5, 5.41) is 0.731. The van der Waals surface area contributed by atoms with Crippen LogP contribution in [0.25, 0.3) is 10.2 Å². The Hall–Kier alpha value is -2.09. The Morgan fingerprint density at radius 3 is 2.56 bits per heavy atom. The number of thiazole rings is 1. The van der Waals surface area contributed by atoms with Gasteiger partial charge < -0.3 is 0 Å². The Bertz CT molecular complexity index is 1010. The summed E-state index contributed by atoms with van der Waals surface area (Å²) in [4.78, 5) is 16.2. The van der Waals surface area contributed by atoms with Gasteiger partial charge in [0.15, 0.2) is 5.78 Å². The van der Waals surface area contributed by atoms with Crippen molar-refractivity contribution >= 4 is 37.4 Å². The van der Waals surface area contributed by atoms with Crippen LogP contribution in [0, 0.1) is 0 Å².